The fourth-order valence-corrected chi connectivity index (χ4v) is 0.513. The Kier molecular flexibility index (Phi) is 2.24. The summed E-state index contributed by atoms with van der Waals surface area (Å²) >= 11 is 0. The Morgan fingerprint density at radius 1 is 0.818 bits per heavy atom. The summed E-state index contributed by atoms with van der Waals surface area (Å²) in [5.41, 5.74) is 0. The molecule has 8 nitrogen and oxygen atoms in total. The van der Waals surface area contributed by atoms with E-state index in [0.717, 1.165) is 0 Å². The molecule has 0 aliphatic rings. The van der Waals surface area contributed by atoms with Crippen LogP contribution in [-0.2, 0) is 17.1 Å². The Morgan fingerprint density at radius 2 is 1.27 bits per heavy atom. The summed E-state index contributed by atoms with van der Waals surface area (Å²) in [6, 6.07) is 0. The van der Waals surface area contributed by atoms with Crippen LogP contribution in [0.3, 0.4) is 0 Å². The first-order valence-corrected chi connectivity index (χ1v) is 2.44. The average Bonchev–Trinajstić information content (AvgIpc) is 2.59. The second-order valence-electron chi connectivity index (χ2n) is 1.47. The molecule has 0 aliphatic carbocycles. The number of aromatic amines is 2. The fourth-order valence-electron chi connectivity index (χ4n) is 0.513. The molecule has 2 heterocycles. The molecular weight excluding hydrogens is 191 g/mol. The second kappa shape index (κ2) is 3.17. The van der Waals surface area contributed by atoms with E-state index in [9.17, 15) is 0 Å². The van der Waals surface area contributed by atoms with Gasteiger partial charge in [0.2, 0.25) is 11.6 Å². The van der Waals surface area contributed by atoms with Gasteiger partial charge in [-0.2, -0.15) is 10.4 Å². The van der Waals surface area contributed by atoms with Gasteiger partial charge in [-0.15, -0.1) is 20.4 Å². The predicted octanol–water partition coefficient (Wildman–Crippen LogP) is -1.62. The van der Waals surface area contributed by atoms with Crippen molar-refractivity contribution in [3.8, 4) is 11.6 Å². The van der Waals surface area contributed by atoms with Gasteiger partial charge >= 0.3 is 17.1 Å². The first-order chi connectivity index (χ1) is 4.97. The van der Waals surface area contributed by atoms with Gasteiger partial charge in [0.15, 0.2) is 0 Å². The Balaban J connectivity index is 0.000000605. The molecule has 0 amide bonds. The van der Waals surface area contributed by atoms with Gasteiger partial charge in [-0.3, -0.25) is 0 Å². The molecule has 0 fully saturated rings. The van der Waals surface area contributed by atoms with Gasteiger partial charge in [-0.1, -0.05) is 0 Å². The largest absolute Gasteiger partial charge is 2.00 e. The van der Waals surface area contributed by atoms with E-state index < -0.39 is 0 Å². The molecule has 0 aromatic carbocycles. The van der Waals surface area contributed by atoms with Crippen LogP contribution in [0.1, 0.15) is 0 Å². The molecule has 0 bridgehead atoms. The van der Waals surface area contributed by atoms with Crippen molar-refractivity contribution in [2.24, 2.45) is 0 Å². The Bertz CT molecular complexity index is 252. The van der Waals surface area contributed by atoms with Crippen molar-refractivity contribution in [2.45, 2.75) is 0 Å². The maximum atomic E-state index is 3.63. The predicted molar refractivity (Wildman–Crippen MR) is 27.3 cm³/mol. The minimum Gasteiger partial charge on any atom is -0.177 e. The Hall–Kier alpha value is -1.34. The van der Waals surface area contributed by atoms with Crippen molar-refractivity contribution in [1.29, 1.82) is 0 Å². The van der Waals surface area contributed by atoms with E-state index in [1.165, 1.54) is 0 Å². The minimum absolute atomic E-state index is 0. The molecule has 11 heavy (non-hydrogen) atoms. The number of nitrogens with one attached hydrogen (secondary N) is 2. The van der Waals surface area contributed by atoms with E-state index in [2.05, 4.69) is 41.2 Å². The number of aromatic nitrogens is 8. The van der Waals surface area contributed by atoms with Crippen LogP contribution in [0.25, 0.3) is 11.6 Å². The Labute approximate surface area is 70.6 Å². The molecule has 2 rings (SSSR count). The third-order valence-electron chi connectivity index (χ3n) is 0.891. The first kappa shape index (κ1) is 7.76. The topological polar surface area (TPSA) is 109 Å². The quantitative estimate of drug-likeness (QED) is 0.526. The third-order valence-corrected chi connectivity index (χ3v) is 0.891. The zero-order chi connectivity index (χ0) is 6.81. The van der Waals surface area contributed by atoms with E-state index in [-0.39, 0.29) is 17.1 Å². The number of hydrogen-bond donors (Lipinski definition) is 2. The summed E-state index contributed by atoms with van der Waals surface area (Å²) in [5, 5.41) is 25.7. The number of H-pyrrole nitrogens is 2. The molecular formula is C2H2MnN8+2. The molecule has 2 aromatic heterocycles. The van der Waals surface area contributed by atoms with Crippen molar-refractivity contribution in [1.82, 2.24) is 41.2 Å². The van der Waals surface area contributed by atoms with Crippen molar-refractivity contribution < 1.29 is 17.1 Å². The van der Waals surface area contributed by atoms with Gasteiger partial charge in [-0.25, -0.2) is 0 Å². The van der Waals surface area contributed by atoms with Gasteiger partial charge in [-0.05, 0) is 10.4 Å². The van der Waals surface area contributed by atoms with Crippen LogP contribution < -0.4 is 0 Å². The average molecular weight is 193 g/mol. The van der Waals surface area contributed by atoms with Crippen LogP contribution in [-0.4, -0.2) is 41.2 Å². The molecule has 0 aliphatic heterocycles. The molecule has 2 N–H and O–H groups in total. The van der Waals surface area contributed by atoms with Gasteiger partial charge in [0, 0.05) is 0 Å². The van der Waals surface area contributed by atoms with E-state index in [0.29, 0.717) is 11.6 Å². The van der Waals surface area contributed by atoms with Crippen molar-refractivity contribution in [3.63, 3.8) is 0 Å². The van der Waals surface area contributed by atoms with Crippen LogP contribution in [0.5, 0.6) is 0 Å². The smallest absolute Gasteiger partial charge is 0.177 e. The SMILES string of the molecule is [Mn+2].n1nc(-c2nn[nH]n2)n[nH]1. The normalized spacial score (nSPS) is 9.09. The number of tetrazole rings is 2. The molecule has 0 saturated carbocycles. The number of rotatable bonds is 1. The van der Waals surface area contributed by atoms with Crippen LogP contribution in [0, 0.1) is 0 Å². The van der Waals surface area contributed by atoms with E-state index in [1.807, 2.05) is 0 Å². The zero-order valence-electron chi connectivity index (χ0n) is 5.06. The monoisotopic (exact) mass is 193 g/mol. The maximum Gasteiger partial charge on any atom is 2.00 e. The summed E-state index contributed by atoms with van der Waals surface area (Å²) in [6.07, 6.45) is 0. The van der Waals surface area contributed by atoms with Crippen molar-refractivity contribution in [3.05, 3.63) is 0 Å². The fraction of sp³-hybridized carbons (Fsp3) is 0. The van der Waals surface area contributed by atoms with Crippen molar-refractivity contribution in [2.75, 3.05) is 0 Å². The summed E-state index contributed by atoms with van der Waals surface area (Å²) < 4.78 is 0. The summed E-state index contributed by atoms with van der Waals surface area (Å²) in [4.78, 5) is 0. The summed E-state index contributed by atoms with van der Waals surface area (Å²) in [5.74, 6) is 0.655. The molecule has 0 spiro atoms. The Morgan fingerprint density at radius 3 is 1.55 bits per heavy atom. The van der Waals surface area contributed by atoms with Gasteiger partial charge in [0.1, 0.15) is 0 Å². The van der Waals surface area contributed by atoms with Crippen LogP contribution in [0.4, 0.5) is 0 Å². The molecule has 2 aromatic rings. The first-order valence-electron chi connectivity index (χ1n) is 2.44. The molecule has 1 radical (unpaired) electrons. The number of hydrogen-bond acceptors (Lipinski definition) is 6. The number of nitrogens with zero attached hydrogens (tertiary/aromatic N) is 6. The summed E-state index contributed by atoms with van der Waals surface area (Å²) in [6.45, 7) is 0. The standard InChI is InChI=1S/C2H2N8.Mn/c3-1(4-8-7-3)2-5-9-10-6-2;/h(H,3,4,7,8)(H,5,6,9,10);/q;+2. The van der Waals surface area contributed by atoms with Gasteiger partial charge in [0.05, 0.1) is 0 Å². The summed E-state index contributed by atoms with van der Waals surface area (Å²) in [7, 11) is 0. The zero-order valence-corrected chi connectivity index (χ0v) is 6.24. The van der Waals surface area contributed by atoms with Crippen molar-refractivity contribution >= 4 is 0 Å². The third kappa shape index (κ3) is 1.38. The van der Waals surface area contributed by atoms with Crippen LogP contribution >= 0.6 is 0 Å². The molecule has 9 heteroatoms. The van der Waals surface area contributed by atoms with Crippen LogP contribution in [0.15, 0.2) is 0 Å². The molecule has 0 atom stereocenters. The van der Waals surface area contributed by atoms with Gasteiger partial charge in [0.25, 0.3) is 0 Å². The molecule has 55 valence electrons. The van der Waals surface area contributed by atoms with E-state index in [1.54, 1.807) is 0 Å². The van der Waals surface area contributed by atoms with Crippen LogP contribution in [0.2, 0.25) is 0 Å². The van der Waals surface area contributed by atoms with Gasteiger partial charge < -0.3 is 0 Å². The van der Waals surface area contributed by atoms with E-state index in [4.69, 9.17) is 0 Å². The molecule has 0 saturated heterocycles. The second-order valence-corrected chi connectivity index (χ2v) is 1.47. The maximum absolute atomic E-state index is 3.63. The van der Waals surface area contributed by atoms with E-state index >= 15 is 0 Å². The minimum atomic E-state index is 0. The molecule has 0 unspecified atom stereocenters.